The van der Waals surface area contributed by atoms with E-state index in [9.17, 15) is 13.2 Å². The Labute approximate surface area is 100 Å². The predicted octanol–water partition coefficient (Wildman–Crippen LogP) is 4.46. The van der Waals surface area contributed by atoms with Crippen LogP contribution in [0.25, 0.3) is 0 Å². The summed E-state index contributed by atoms with van der Waals surface area (Å²) in [6, 6.07) is 1.19. The summed E-state index contributed by atoms with van der Waals surface area (Å²) in [5, 5.41) is 0. The van der Waals surface area contributed by atoms with Crippen LogP contribution < -0.4 is 0 Å². The number of hydrogen-bond donors (Lipinski definition) is 0. The Balaban J connectivity index is 0.000000686. The minimum absolute atomic E-state index is 0.104. The molecule has 0 saturated heterocycles. The first-order valence-corrected chi connectivity index (χ1v) is 6.00. The van der Waals surface area contributed by atoms with Crippen LogP contribution in [0.15, 0.2) is 12.3 Å². The summed E-state index contributed by atoms with van der Waals surface area (Å²) in [5.74, 6) is -4.07. The van der Waals surface area contributed by atoms with Gasteiger partial charge in [-0.05, 0) is 31.4 Å². The number of pyridine rings is 1. The molecule has 17 heavy (non-hydrogen) atoms. The first-order chi connectivity index (χ1) is 8.00. The zero-order valence-corrected chi connectivity index (χ0v) is 10.4. The van der Waals surface area contributed by atoms with Gasteiger partial charge in [-0.25, -0.2) is 13.2 Å². The Morgan fingerprint density at radius 3 is 2.47 bits per heavy atom. The molecule has 0 spiro atoms. The van der Waals surface area contributed by atoms with E-state index in [4.69, 9.17) is 0 Å². The van der Waals surface area contributed by atoms with E-state index < -0.39 is 17.7 Å². The maximum atomic E-state index is 13.4. The van der Waals surface area contributed by atoms with Gasteiger partial charge in [0.2, 0.25) is 0 Å². The molecule has 2 rings (SSSR count). The zero-order chi connectivity index (χ0) is 13.1. The average Bonchev–Trinajstić information content (AvgIpc) is 2.65. The van der Waals surface area contributed by atoms with Gasteiger partial charge in [0.05, 0.1) is 5.69 Å². The highest BCUT2D eigenvalue weighted by Gasteiger charge is 2.44. The van der Waals surface area contributed by atoms with Crippen molar-refractivity contribution in [1.29, 1.82) is 0 Å². The smallest absolute Gasteiger partial charge is 0.254 e. The lowest BCUT2D eigenvalue weighted by molar-refractivity contribution is -0.00911. The van der Waals surface area contributed by atoms with Crippen LogP contribution in [-0.4, -0.2) is 10.9 Å². The van der Waals surface area contributed by atoms with Crippen LogP contribution in [0.2, 0.25) is 0 Å². The standard InChI is InChI=1S/C11H12F3N.C2H6/c1-7-10(12)5-8(6-15-7)9-3-2-4-11(9,13)14;1-2/h5-6,9H,2-4H2,1H3;1-2H3. The van der Waals surface area contributed by atoms with Crippen LogP contribution in [0.3, 0.4) is 0 Å². The number of rotatable bonds is 1. The molecule has 4 heteroatoms. The van der Waals surface area contributed by atoms with Gasteiger partial charge in [-0.2, -0.15) is 0 Å². The summed E-state index contributed by atoms with van der Waals surface area (Å²) in [7, 11) is 0. The highest BCUT2D eigenvalue weighted by molar-refractivity contribution is 5.23. The normalized spacial score (nSPS) is 21.9. The number of hydrogen-bond acceptors (Lipinski definition) is 1. The van der Waals surface area contributed by atoms with E-state index >= 15 is 0 Å². The maximum absolute atomic E-state index is 13.4. The largest absolute Gasteiger partial charge is 0.258 e. The van der Waals surface area contributed by atoms with Crippen LogP contribution in [0.5, 0.6) is 0 Å². The molecule has 1 fully saturated rings. The fraction of sp³-hybridized carbons (Fsp3) is 0.615. The lowest BCUT2D eigenvalue weighted by atomic mass is 9.96. The molecule has 0 N–H and O–H groups in total. The number of aryl methyl sites for hydroxylation is 1. The Morgan fingerprint density at radius 2 is 2.00 bits per heavy atom. The van der Waals surface area contributed by atoms with Gasteiger partial charge < -0.3 is 0 Å². The second-order valence-electron chi connectivity index (χ2n) is 4.04. The van der Waals surface area contributed by atoms with Gasteiger partial charge in [-0.1, -0.05) is 13.8 Å². The molecule has 1 atom stereocenters. The highest BCUT2D eigenvalue weighted by Crippen LogP contribution is 2.46. The van der Waals surface area contributed by atoms with E-state index in [1.165, 1.54) is 19.2 Å². The topological polar surface area (TPSA) is 12.9 Å². The van der Waals surface area contributed by atoms with Crippen LogP contribution in [0.4, 0.5) is 13.2 Å². The van der Waals surface area contributed by atoms with Gasteiger partial charge in [-0.3, -0.25) is 4.98 Å². The molecule has 1 unspecified atom stereocenters. The molecule has 1 nitrogen and oxygen atoms in total. The van der Waals surface area contributed by atoms with Crippen LogP contribution in [0.1, 0.15) is 50.3 Å². The van der Waals surface area contributed by atoms with Gasteiger partial charge in [0, 0.05) is 18.5 Å². The third kappa shape index (κ3) is 2.99. The first kappa shape index (κ1) is 14.0. The number of nitrogens with zero attached hydrogens (tertiary/aromatic N) is 1. The third-order valence-electron chi connectivity index (χ3n) is 2.96. The molecule has 0 bridgehead atoms. The molecule has 1 aromatic rings. The fourth-order valence-electron chi connectivity index (χ4n) is 2.05. The summed E-state index contributed by atoms with van der Waals surface area (Å²) >= 11 is 0. The fourth-order valence-corrected chi connectivity index (χ4v) is 2.05. The molecule has 1 saturated carbocycles. The predicted molar refractivity (Wildman–Crippen MR) is 61.8 cm³/mol. The summed E-state index contributed by atoms with van der Waals surface area (Å²) in [6.07, 6.45) is 2.17. The zero-order valence-electron chi connectivity index (χ0n) is 10.4. The lowest BCUT2D eigenvalue weighted by Crippen LogP contribution is -2.20. The molecular formula is C13H18F3N. The van der Waals surface area contributed by atoms with E-state index in [-0.39, 0.29) is 12.1 Å². The van der Waals surface area contributed by atoms with Gasteiger partial charge in [0.15, 0.2) is 0 Å². The number of aromatic nitrogens is 1. The van der Waals surface area contributed by atoms with E-state index in [1.54, 1.807) is 0 Å². The van der Waals surface area contributed by atoms with Crippen molar-refractivity contribution in [2.75, 3.05) is 0 Å². The second kappa shape index (κ2) is 5.52. The molecule has 1 aliphatic carbocycles. The van der Waals surface area contributed by atoms with E-state index in [0.29, 0.717) is 18.4 Å². The Hall–Kier alpha value is -1.06. The van der Waals surface area contributed by atoms with E-state index in [1.807, 2.05) is 13.8 Å². The monoisotopic (exact) mass is 245 g/mol. The summed E-state index contributed by atoms with van der Waals surface area (Å²) < 4.78 is 39.9. The molecular weight excluding hydrogens is 227 g/mol. The molecule has 0 aliphatic heterocycles. The molecule has 0 amide bonds. The average molecular weight is 245 g/mol. The maximum Gasteiger partial charge on any atom is 0.254 e. The van der Waals surface area contributed by atoms with Crippen molar-refractivity contribution < 1.29 is 13.2 Å². The second-order valence-corrected chi connectivity index (χ2v) is 4.04. The van der Waals surface area contributed by atoms with Crippen molar-refractivity contribution in [1.82, 2.24) is 4.98 Å². The summed E-state index contributed by atoms with van der Waals surface area (Å²) in [6.45, 7) is 5.52. The quantitative estimate of drug-likeness (QED) is 0.712. The van der Waals surface area contributed by atoms with E-state index in [0.717, 1.165) is 0 Å². The SMILES string of the molecule is CC.Cc1ncc(C2CCCC2(F)F)cc1F. The van der Waals surface area contributed by atoms with Crippen LogP contribution in [-0.2, 0) is 0 Å². The van der Waals surface area contributed by atoms with Gasteiger partial charge in [0.25, 0.3) is 5.92 Å². The summed E-state index contributed by atoms with van der Waals surface area (Å²) in [5.41, 5.74) is 0.570. The summed E-state index contributed by atoms with van der Waals surface area (Å²) in [4.78, 5) is 3.78. The van der Waals surface area contributed by atoms with Crippen molar-refractivity contribution in [3.63, 3.8) is 0 Å². The van der Waals surface area contributed by atoms with Gasteiger partial charge in [0.1, 0.15) is 5.82 Å². The highest BCUT2D eigenvalue weighted by atomic mass is 19.3. The molecule has 1 heterocycles. The van der Waals surface area contributed by atoms with Crippen molar-refractivity contribution in [2.24, 2.45) is 0 Å². The van der Waals surface area contributed by atoms with Crippen molar-refractivity contribution in [3.8, 4) is 0 Å². The van der Waals surface area contributed by atoms with Crippen molar-refractivity contribution in [3.05, 3.63) is 29.3 Å². The minimum atomic E-state index is -2.70. The molecule has 0 aromatic carbocycles. The molecule has 1 aromatic heterocycles. The Bertz CT molecular complexity index is 377. The molecule has 96 valence electrons. The van der Waals surface area contributed by atoms with Gasteiger partial charge >= 0.3 is 0 Å². The van der Waals surface area contributed by atoms with Crippen LogP contribution in [0, 0.1) is 12.7 Å². The Kier molecular flexibility index (Phi) is 4.54. The Morgan fingerprint density at radius 1 is 1.35 bits per heavy atom. The number of halogens is 3. The van der Waals surface area contributed by atoms with Crippen LogP contribution >= 0.6 is 0 Å². The molecule has 0 radical (unpaired) electrons. The first-order valence-electron chi connectivity index (χ1n) is 6.00. The number of alkyl halides is 2. The third-order valence-corrected chi connectivity index (χ3v) is 2.96. The minimum Gasteiger partial charge on any atom is -0.258 e. The molecule has 1 aliphatic rings. The van der Waals surface area contributed by atoms with Crippen molar-refractivity contribution >= 4 is 0 Å². The van der Waals surface area contributed by atoms with E-state index in [2.05, 4.69) is 4.98 Å². The van der Waals surface area contributed by atoms with Gasteiger partial charge in [-0.15, -0.1) is 0 Å². The van der Waals surface area contributed by atoms with Crippen molar-refractivity contribution in [2.45, 2.75) is 51.9 Å². The lowest BCUT2D eigenvalue weighted by Gasteiger charge is -2.19.